The van der Waals surface area contributed by atoms with Crippen LogP contribution in [0.5, 0.6) is 0 Å². The molecule has 1 aliphatic carbocycles. The van der Waals surface area contributed by atoms with Gasteiger partial charge in [0, 0.05) is 5.92 Å². The average molecular weight is 286 g/mol. The molecular formula is C17H22N2O2. The lowest BCUT2D eigenvalue weighted by Crippen LogP contribution is -2.54. The van der Waals surface area contributed by atoms with Crippen molar-refractivity contribution in [2.24, 2.45) is 5.92 Å². The summed E-state index contributed by atoms with van der Waals surface area (Å²) in [6.45, 7) is 8.77. The first-order valence-corrected chi connectivity index (χ1v) is 7.71. The van der Waals surface area contributed by atoms with Crippen LogP contribution in [0.1, 0.15) is 40.5 Å². The minimum absolute atomic E-state index is 0.104. The van der Waals surface area contributed by atoms with Gasteiger partial charge in [0.2, 0.25) is 0 Å². The molecule has 4 rings (SSSR count). The van der Waals surface area contributed by atoms with Crippen LogP contribution in [0.15, 0.2) is 30.3 Å². The maximum atomic E-state index is 12.6. The highest BCUT2D eigenvalue weighted by molar-refractivity contribution is 5.78. The second-order valence-electron chi connectivity index (χ2n) is 7.45. The first-order valence-electron chi connectivity index (χ1n) is 7.71. The maximum Gasteiger partial charge on any atom is 0.430 e. The number of carbonyl (C=O) groups is 1. The maximum absolute atomic E-state index is 12.6. The summed E-state index contributed by atoms with van der Waals surface area (Å²) in [5.74, 6) is 0.404. The molecule has 1 aromatic rings. The fourth-order valence-corrected chi connectivity index (χ4v) is 5.03. The van der Waals surface area contributed by atoms with Crippen molar-refractivity contribution < 1.29 is 9.53 Å². The molecule has 21 heavy (non-hydrogen) atoms. The third kappa shape index (κ3) is 1.25. The van der Waals surface area contributed by atoms with Gasteiger partial charge in [-0.15, -0.1) is 0 Å². The zero-order valence-corrected chi connectivity index (χ0v) is 13.1. The number of anilines is 1. The van der Waals surface area contributed by atoms with Crippen LogP contribution >= 0.6 is 0 Å². The highest BCUT2D eigenvalue weighted by atomic mass is 16.6. The Hall–Kier alpha value is -1.71. The first-order chi connectivity index (χ1) is 9.82. The molecule has 0 unspecified atom stereocenters. The molecule has 2 aliphatic heterocycles. The van der Waals surface area contributed by atoms with Crippen molar-refractivity contribution in [1.29, 1.82) is 0 Å². The molecule has 0 radical (unpaired) electrons. The number of amides is 1. The van der Waals surface area contributed by atoms with Crippen molar-refractivity contribution in [3.63, 3.8) is 0 Å². The first kappa shape index (κ1) is 13.0. The third-order valence-electron chi connectivity index (χ3n) is 6.18. The summed E-state index contributed by atoms with van der Waals surface area (Å²) < 4.78 is 5.80. The van der Waals surface area contributed by atoms with Gasteiger partial charge in [0.1, 0.15) is 11.1 Å². The summed E-state index contributed by atoms with van der Waals surface area (Å²) in [4.78, 5) is 12.6. The Bertz CT molecular complexity index is 614. The molecular weight excluding hydrogens is 264 g/mol. The molecule has 4 heteroatoms. The number of hydrogen-bond acceptors (Lipinski definition) is 3. The van der Waals surface area contributed by atoms with Gasteiger partial charge in [-0.05, 0) is 52.7 Å². The largest absolute Gasteiger partial charge is 0.439 e. The molecule has 2 saturated heterocycles. The van der Waals surface area contributed by atoms with Crippen LogP contribution in [-0.4, -0.2) is 27.8 Å². The third-order valence-corrected chi connectivity index (χ3v) is 6.18. The standard InChI is InChI=1S/C17H22N2O2/c1-15(2)13-10-11-16(3)17(13,4)19(14(20)21-16)18(15)12-8-6-5-7-9-12/h5-9,13H,10-11H2,1-4H3/t13-,16-,17-/m0/s1. The highest BCUT2D eigenvalue weighted by Crippen LogP contribution is 2.63. The molecule has 1 amide bonds. The summed E-state index contributed by atoms with van der Waals surface area (Å²) in [5, 5.41) is 4.05. The zero-order chi connectivity index (χ0) is 15.0. The van der Waals surface area contributed by atoms with Crippen molar-refractivity contribution in [2.75, 3.05) is 5.01 Å². The number of benzene rings is 1. The van der Waals surface area contributed by atoms with E-state index in [4.69, 9.17) is 4.74 Å². The molecule has 3 fully saturated rings. The van der Waals surface area contributed by atoms with Gasteiger partial charge in [0.15, 0.2) is 0 Å². The minimum atomic E-state index is -0.379. The second-order valence-corrected chi connectivity index (χ2v) is 7.45. The number of ether oxygens (including phenoxy) is 1. The van der Waals surface area contributed by atoms with Crippen LogP contribution in [0.2, 0.25) is 0 Å². The number of hydrogen-bond donors (Lipinski definition) is 0. The number of rotatable bonds is 1. The van der Waals surface area contributed by atoms with Gasteiger partial charge in [-0.25, -0.2) is 9.80 Å². The molecule has 1 aromatic carbocycles. The van der Waals surface area contributed by atoms with E-state index in [0.29, 0.717) is 5.92 Å². The molecule has 1 saturated carbocycles. The van der Waals surface area contributed by atoms with Crippen LogP contribution in [-0.2, 0) is 4.74 Å². The number of para-hydroxylation sites is 1. The number of hydrazine groups is 1. The Morgan fingerprint density at radius 1 is 1.10 bits per heavy atom. The summed E-state index contributed by atoms with van der Waals surface area (Å²) in [6.07, 6.45) is 1.83. The van der Waals surface area contributed by atoms with Gasteiger partial charge in [-0.1, -0.05) is 18.2 Å². The Morgan fingerprint density at radius 3 is 2.43 bits per heavy atom. The summed E-state index contributed by atoms with van der Waals surface area (Å²) in [7, 11) is 0. The smallest absolute Gasteiger partial charge is 0.430 e. The Balaban J connectivity index is 1.92. The summed E-state index contributed by atoms with van der Waals surface area (Å²) >= 11 is 0. The normalized spacial score (nSPS) is 39.6. The Kier molecular flexibility index (Phi) is 2.19. The molecule has 3 atom stereocenters. The fourth-order valence-electron chi connectivity index (χ4n) is 5.03. The zero-order valence-electron chi connectivity index (χ0n) is 13.1. The van der Waals surface area contributed by atoms with E-state index in [-0.39, 0.29) is 22.8 Å². The van der Waals surface area contributed by atoms with E-state index in [2.05, 4.69) is 44.8 Å². The number of nitrogens with zero attached hydrogens (tertiary/aromatic N) is 2. The molecule has 0 aromatic heterocycles. The minimum Gasteiger partial charge on any atom is -0.439 e. The van der Waals surface area contributed by atoms with Gasteiger partial charge in [0.05, 0.1) is 11.2 Å². The van der Waals surface area contributed by atoms with E-state index in [9.17, 15) is 4.79 Å². The van der Waals surface area contributed by atoms with Crippen molar-refractivity contribution in [3.05, 3.63) is 30.3 Å². The SMILES string of the molecule is CC1(C)[C@@H]2CC[C@]3(C)OC(=O)N(N1c1ccccc1)[C@@]23C. The van der Waals surface area contributed by atoms with Crippen LogP contribution in [0, 0.1) is 5.92 Å². The lowest BCUT2D eigenvalue weighted by atomic mass is 9.74. The van der Waals surface area contributed by atoms with E-state index in [1.54, 1.807) is 0 Å². The fraction of sp³-hybridized carbons (Fsp3) is 0.588. The van der Waals surface area contributed by atoms with Crippen molar-refractivity contribution in [1.82, 2.24) is 5.01 Å². The van der Waals surface area contributed by atoms with Crippen molar-refractivity contribution >= 4 is 11.8 Å². The van der Waals surface area contributed by atoms with Gasteiger partial charge in [-0.2, -0.15) is 0 Å². The predicted octanol–water partition coefficient (Wildman–Crippen LogP) is 3.58. The Labute approximate surface area is 125 Å². The molecule has 0 N–H and O–H groups in total. The lowest BCUT2D eigenvalue weighted by Gasteiger charge is -2.39. The molecule has 2 heterocycles. The highest BCUT2D eigenvalue weighted by Gasteiger charge is 2.76. The van der Waals surface area contributed by atoms with Gasteiger partial charge < -0.3 is 4.74 Å². The van der Waals surface area contributed by atoms with Gasteiger partial charge in [-0.3, -0.25) is 5.01 Å². The van der Waals surface area contributed by atoms with Crippen LogP contribution < -0.4 is 5.01 Å². The Morgan fingerprint density at radius 2 is 1.76 bits per heavy atom. The van der Waals surface area contributed by atoms with E-state index in [1.165, 1.54) is 0 Å². The monoisotopic (exact) mass is 286 g/mol. The molecule has 0 spiro atoms. The summed E-state index contributed by atoms with van der Waals surface area (Å²) in [5.41, 5.74) is 0.311. The van der Waals surface area contributed by atoms with Crippen molar-refractivity contribution in [3.8, 4) is 0 Å². The van der Waals surface area contributed by atoms with E-state index in [0.717, 1.165) is 18.5 Å². The topological polar surface area (TPSA) is 32.8 Å². The van der Waals surface area contributed by atoms with E-state index < -0.39 is 0 Å². The molecule has 0 bridgehead atoms. The molecule has 3 aliphatic rings. The van der Waals surface area contributed by atoms with Crippen LogP contribution in [0.3, 0.4) is 0 Å². The number of carbonyl (C=O) groups excluding carboxylic acids is 1. The molecule has 112 valence electrons. The summed E-state index contributed by atoms with van der Waals surface area (Å²) in [6, 6.07) is 10.2. The van der Waals surface area contributed by atoms with Gasteiger partial charge in [0.25, 0.3) is 0 Å². The van der Waals surface area contributed by atoms with Gasteiger partial charge >= 0.3 is 6.09 Å². The second kappa shape index (κ2) is 3.54. The van der Waals surface area contributed by atoms with Crippen molar-refractivity contribution in [2.45, 2.75) is 57.2 Å². The van der Waals surface area contributed by atoms with E-state index in [1.807, 2.05) is 23.2 Å². The predicted molar refractivity (Wildman–Crippen MR) is 80.9 cm³/mol. The quantitative estimate of drug-likeness (QED) is 0.791. The molecule has 4 nitrogen and oxygen atoms in total. The average Bonchev–Trinajstić information content (AvgIpc) is 2.87. The van der Waals surface area contributed by atoms with E-state index >= 15 is 0 Å². The van der Waals surface area contributed by atoms with Crippen LogP contribution in [0.25, 0.3) is 0 Å². The lowest BCUT2D eigenvalue weighted by molar-refractivity contribution is 0.0271. The van der Waals surface area contributed by atoms with Crippen LogP contribution in [0.4, 0.5) is 10.5 Å².